The Balaban J connectivity index is 1.76. The highest BCUT2D eigenvalue weighted by molar-refractivity contribution is 6.30. The Morgan fingerprint density at radius 2 is 2.22 bits per heavy atom. The van der Waals surface area contributed by atoms with Gasteiger partial charge in [0.15, 0.2) is 0 Å². The van der Waals surface area contributed by atoms with E-state index in [0.29, 0.717) is 6.54 Å². The molecule has 1 aromatic heterocycles. The van der Waals surface area contributed by atoms with Gasteiger partial charge in [-0.15, -0.1) is 0 Å². The molecule has 1 aromatic carbocycles. The molecule has 0 bridgehead atoms. The lowest BCUT2D eigenvalue weighted by molar-refractivity contribution is 0.619. The zero-order valence-corrected chi connectivity index (χ0v) is 10.9. The maximum Gasteiger partial charge on any atom is 0.142 e. The second-order valence-electron chi connectivity index (χ2n) is 4.16. The summed E-state index contributed by atoms with van der Waals surface area (Å²) in [7, 11) is 1.90. The first-order valence-electron chi connectivity index (χ1n) is 5.78. The number of hydrogen-bond acceptors (Lipinski definition) is 2. The van der Waals surface area contributed by atoms with Gasteiger partial charge in [-0.25, -0.2) is 4.39 Å². The minimum atomic E-state index is -0.374. The number of hydrogen-bond donors (Lipinski definition) is 1. The molecule has 0 unspecified atom stereocenters. The summed E-state index contributed by atoms with van der Waals surface area (Å²) in [5.41, 5.74) is 1.94. The van der Waals surface area contributed by atoms with Gasteiger partial charge in [-0.2, -0.15) is 5.10 Å². The third kappa shape index (κ3) is 3.55. The standard InChI is InChI=1S/C13H15ClFN3/c1-18-7-5-11(17-18)4-6-16-9-10-2-3-12(14)13(15)8-10/h2-3,5,7-8,16H,4,6,9H2,1H3. The Hall–Kier alpha value is -1.39. The molecule has 96 valence electrons. The minimum Gasteiger partial charge on any atom is -0.312 e. The van der Waals surface area contributed by atoms with Crippen LogP contribution in [0.2, 0.25) is 5.02 Å². The zero-order valence-electron chi connectivity index (χ0n) is 10.2. The predicted molar refractivity (Wildman–Crippen MR) is 70.0 cm³/mol. The molecule has 0 radical (unpaired) electrons. The fraction of sp³-hybridized carbons (Fsp3) is 0.308. The summed E-state index contributed by atoms with van der Waals surface area (Å²) in [5.74, 6) is -0.374. The van der Waals surface area contributed by atoms with Crippen LogP contribution in [0.1, 0.15) is 11.3 Å². The summed E-state index contributed by atoms with van der Waals surface area (Å²) < 4.78 is 15.0. The van der Waals surface area contributed by atoms with Crippen LogP contribution >= 0.6 is 11.6 Å². The molecule has 1 N–H and O–H groups in total. The topological polar surface area (TPSA) is 29.9 Å². The molecule has 0 fully saturated rings. The van der Waals surface area contributed by atoms with Gasteiger partial charge in [-0.1, -0.05) is 17.7 Å². The van der Waals surface area contributed by atoms with Crippen molar-refractivity contribution in [1.82, 2.24) is 15.1 Å². The van der Waals surface area contributed by atoms with E-state index in [1.165, 1.54) is 6.07 Å². The summed E-state index contributed by atoms with van der Waals surface area (Å²) in [4.78, 5) is 0. The van der Waals surface area contributed by atoms with Crippen LogP contribution in [-0.2, 0) is 20.0 Å². The fourth-order valence-electron chi connectivity index (χ4n) is 1.70. The highest BCUT2D eigenvalue weighted by Crippen LogP contribution is 2.15. The number of rotatable bonds is 5. The predicted octanol–water partition coefficient (Wildman–Crippen LogP) is 2.54. The first-order chi connectivity index (χ1) is 8.65. The number of aryl methyl sites for hydroxylation is 1. The molecule has 0 aliphatic carbocycles. The van der Waals surface area contributed by atoms with Crippen molar-refractivity contribution in [3.8, 4) is 0 Å². The maximum atomic E-state index is 13.2. The van der Waals surface area contributed by atoms with Crippen molar-refractivity contribution in [2.45, 2.75) is 13.0 Å². The summed E-state index contributed by atoms with van der Waals surface area (Å²) in [6.07, 6.45) is 2.78. The van der Waals surface area contributed by atoms with Gasteiger partial charge in [0, 0.05) is 32.8 Å². The molecule has 0 aliphatic rings. The molecule has 2 rings (SSSR count). The van der Waals surface area contributed by atoms with Gasteiger partial charge in [-0.3, -0.25) is 4.68 Å². The average molecular weight is 268 g/mol. The Bertz CT molecular complexity index is 525. The molecule has 18 heavy (non-hydrogen) atoms. The first kappa shape index (κ1) is 13.1. The smallest absolute Gasteiger partial charge is 0.142 e. The van der Waals surface area contributed by atoms with Crippen molar-refractivity contribution < 1.29 is 4.39 Å². The molecular formula is C13H15ClFN3. The van der Waals surface area contributed by atoms with Crippen LogP contribution in [0.3, 0.4) is 0 Å². The summed E-state index contributed by atoms with van der Waals surface area (Å²) >= 11 is 5.62. The molecule has 3 nitrogen and oxygen atoms in total. The molecular weight excluding hydrogens is 253 g/mol. The zero-order chi connectivity index (χ0) is 13.0. The molecule has 0 saturated carbocycles. The van der Waals surface area contributed by atoms with Crippen molar-refractivity contribution in [2.24, 2.45) is 7.05 Å². The van der Waals surface area contributed by atoms with E-state index < -0.39 is 0 Å². The van der Waals surface area contributed by atoms with E-state index in [1.807, 2.05) is 25.4 Å². The molecule has 0 aliphatic heterocycles. The van der Waals surface area contributed by atoms with Crippen LogP contribution in [0.5, 0.6) is 0 Å². The van der Waals surface area contributed by atoms with Crippen molar-refractivity contribution in [2.75, 3.05) is 6.54 Å². The molecule has 1 heterocycles. The van der Waals surface area contributed by atoms with E-state index in [4.69, 9.17) is 11.6 Å². The average Bonchev–Trinajstić information content (AvgIpc) is 2.75. The largest absolute Gasteiger partial charge is 0.312 e. The van der Waals surface area contributed by atoms with E-state index in [1.54, 1.807) is 10.7 Å². The highest BCUT2D eigenvalue weighted by atomic mass is 35.5. The third-order valence-electron chi connectivity index (χ3n) is 2.64. The van der Waals surface area contributed by atoms with E-state index >= 15 is 0 Å². The number of nitrogens with zero attached hydrogens (tertiary/aromatic N) is 2. The minimum absolute atomic E-state index is 0.159. The van der Waals surface area contributed by atoms with Gasteiger partial charge in [-0.05, 0) is 23.8 Å². The Labute approximate surface area is 111 Å². The summed E-state index contributed by atoms with van der Waals surface area (Å²) in [6.45, 7) is 1.43. The molecule has 0 atom stereocenters. The van der Waals surface area contributed by atoms with Gasteiger partial charge in [0.1, 0.15) is 5.82 Å². The summed E-state index contributed by atoms with van der Waals surface area (Å²) in [6, 6.07) is 6.84. The van der Waals surface area contributed by atoms with Crippen molar-refractivity contribution in [3.63, 3.8) is 0 Å². The lowest BCUT2D eigenvalue weighted by Crippen LogP contribution is -2.17. The highest BCUT2D eigenvalue weighted by Gasteiger charge is 2.01. The lowest BCUT2D eigenvalue weighted by atomic mass is 10.2. The van der Waals surface area contributed by atoms with Crippen LogP contribution in [0.15, 0.2) is 30.5 Å². The molecule has 0 amide bonds. The molecule has 5 heteroatoms. The Kier molecular flexibility index (Phi) is 4.33. The number of nitrogens with one attached hydrogen (secondary N) is 1. The number of benzene rings is 1. The van der Waals surface area contributed by atoms with E-state index in [-0.39, 0.29) is 10.8 Å². The first-order valence-corrected chi connectivity index (χ1v) is 6.16. The maximum absolute atomic E-state index is 13.2. The van der Waals surface area contributed by atoms with Crippen LogP contribution in [-0.4, -0.2) is 16.3 Å². The van der Waals surface area contributed by atoms with Crippen LogP contribution in [0, 0.1) is 5.82 Å². The quantitative estimate of drug-likeness (QED) is 0.844. The van der Waals surface area contributed by atoms with Gasteiger partial charge >= 0.3 is 0 Å². The summed E-state index contributed by atoms with van der Waals surface area (Å²) in [5, 5.41) is 7.69. The normalized spacial score (nSPS) is 10.8. The Morgan fingerprint density at radius 1 is 1.39 bits per heavy atom. The van der Waals surface area contributed by atoms with Crippen LogP contribution in [0.4, 0.5) is 4.39 Å². The number of aromatic nitrogens is 2. The van der Waals surface area contributed by atoms with Crippen molar-refractivity contribution >= 4 is 11.6 Å². The molecule has 2 aromatic rings. The second-order valence-corrected chi connectivity index (χ2v) is 4.56. The Morgan fingerprint density at radius 3 is 2.89 bits per heavy atom. The van der Waals surface area contributed by atoms with Crippen LogP contribution in [0.25, 0.3) is 0 Å². The monoisotopic (exact) mass is 267 g/mol. The lowest BCUT2D eigenvalue weighted by Gasteiger charge is -2.04. The van der Waals surface area contributed by atoms with Crippen LogP contribution < -0.4 is 5.32 Å². The van der Waals surface area contributed by atoms with Gasteiger partial charge in [0.05, 0.1) is 10.7 Å². The van der Waals surface area contributed by atoms with Crippen molar-refractivity contribution in [3.05, 3.63) is 52.6 Å². The van der Waals surface area contributed by atoms with E-state index in [0.717, 1.165) is 24.2 Å². The number of halogens is 2. The van der Waals surface area contributed by atoms with E-state index in [2.05, 4.69) is 10.4 Å². The van der Waals surface area contributed by atoms with Gasteiger partial charge in [0.25, 0.3) is 0 Å². The van der Waals surface area contributed by atoms with Gasteiger partial charge in [0.2, 0.25) is 0 Å². The third-order valence-corrected chi connectivity index (χ3v) is 2.95. The molecule has 0 saturated heterocycles. The molecule has 0 spiro atoms. The SMILES string of the molecule is Cn1ccc(CCNCc2ccc(Cl)c(F)c2)n1. The fourth-order valence-corrected chi connectivity index (χ4v) is 1.81. The second kappa shape index (κ2) is 5.98. The van der Waals surface area contributed by atoms with Crippen molar-refractivity contribution in [1.29, 1.82) is 0 Å². The van der Waals surface area contributed by atoms with Gasteiger partial charge < -0.3 is 5.32 Å². The van der Waals surface area contributed by atoms with E-state index in [9.17, 15) is 4.39 Å².